The molecule has 14 heavy (non-hydrogen) atoms. The Morgan fingerprint density at radius 2 is 2.14 bits per heavy atom. The van der Waals surface area contributed by atoms with E-state index in [0.717, 1.165) is 19.2 Å². The van der Waals surface area contributed by atoms with E-state index in [-0.39, 0.29) is 12.1 Å². The smallest absolute Gasteiger partial charge is 0.0950 e. The predicted molar refractivity (Wildman–Crippen MR) is 55.2 cm³/mol. The summed E-state index contributed by atoms with van der Waals surface area (Å²) in [6.07, 6.45) is 4.88. The molecule has 0 aromatic heterocycles. The monoisotopic (exact) mass is 199 g/mol. The van der Waals surface area contributed by atoms with E-state index in [1.807, 2.05) is 0 Å². The lowest BCUT2D eigenvalue weighted by Crippen LogP contribution is -2.51. The molecule has 1 heterocycles. The summed E-state index contributed by atoms with van der Waals surface area (Å²) in [5.41, 5.74) is 0. The molecule has 1 N–H and O–H groups in total. The molecule has 1 saturated carbocycles. The molecule has 2 aliphatic rings. The van der Waals surface area contributed by atoms with Crippen LogP contribution in [0.4, 0.5) is 0 Å². The Morgan fingerprint density at radius 1 is 1.36 bits per heavy atom. The maximum absolute atomic E-state index is 9.79. The van der Waals surface area contributed by atoms with Crippen molar-refractivity contribution in [2.75, 3.05) is 19.8 Å². The summed E-state index contributed by atoms with van der Waals surface area (Å²) >= 11 is 0. The van der Waals surface area contributed by atoms with Gasteiger partial charge >= 0.3 is 0 Å². The van der Waals surface area contributed by atoms with Crippen LogP contribution in [-0.2, 0) is 4.74 Å². The van der Waals surface area contributed by atoms with Crippen LogP contribution in [0, 0.1) is 0 Å². The molecule has 1 saturated heterocycles. The first-order valence-electron chi connectivity index (χ1n) is 5.84. The topological polar surface area (TPSA) is 32.7 Å². The number of aliphatic hydroxyl groups excluding tert-OH is 1. The highest BCUT2D eigenvalue weighted by Gasteiger charge is 2.36. The Hall–Kier alpha value is -0.120. The van der Waals surface area contributed by atoms with Crippen LogP contribution in [-0.4, -0.2) is 48.0 Å². The van der Waals surface area contributed by atoms with Crippen molar-refractivity contribution in [1.29, 1.82) is 0 Å². The van der Waals surface area contributed by atoms with E-state index in [9.17, 15) is 5.11 Å². The third-order valence-corrected chi connectivity index (χ3v) is 3.47. The van der Waals surface area contributed by atoms with Crippen molar-refractivity contribution in [1.82, 2.24) is 4.90 Å². The number of hydrogen-bond donors (Lipinski definition) is 1. The molecule has 0 amide bonds. The van der Waals surface area contributed by atoms with Gasteiger partial charge in [0.1, 0.15) is 0 Å². The van der Waals surface area contributed by atoms with Gasteiger partial charge < -0.3 is 9.84 Å². The molecule has 0 unspecified atom stereocenters. The van der Waals surface area contributed by atoms with Gasteiger partial charge in [-0.1, -0.05) is 13.3 Å². The van der Waals surface area contributed by atoms with Crippen LogP contribution in [0.5, 0.6) is 0 Å². The van der Waals surface area contributed by atoms with E-state index in [0.29, 0.717) is 6.61 Å². The van der Waals surface area contributed by atoms with Crippen LogP contribution in [0.2, 0.25) is 0 Å². The van der Waals surface area contributed by atoms with E-state index < -0.39 is 0 Å². The third kappa shape index (κ3) is 1.95. The molecular formula is C11H21NO2. The fourth-order valence-electron chi connectivity index (χ4n) is 2.44. The zero-order valence-electron chi connectivity index (χ0n) is 8.98. The summed E-state index contributed by atoms with van der Waals surface area (Å²) in [4.78, 5) is 2.47. The molecule has 2 atom stereocenters. The van der Waals surface area contributed by atoms with Crippen molar-refractivity contribution < 1.29 is 9.84 Å². The Morgan fingerprint density at radius 3 is 2.57 bits per heavy atom. The minimum Gasteiger partial charge on any atom is -0.389 e. The highest BCUT2D eigenvalue weighted by Crippen LogP contribution is 2.29. The number of ether oxygens (including phenoxy) is 1. The number of rotatable bonds is 4. The van der Waals surface area contributed by atoms with Crippen molar-refractivity contribution in [3.8, 4) is 0 Å². The van der Waals surface area contributed by atoms with Gasteiger partial charge in [0.15, 0.2) is 0 Å². The van der Waals surface area contributed by atoms with E-state index in [2.05, 4.69) is 11.8 Å². The third-order valence-electron chi connectivity index (χ3n) is 3.47. The summed E-state index contributed by atoms with van der Waals surface area (Å²) in [6, 6.07) is 0.983. The van der Waals surface area contributed by atoms with Crippen molar-refractivity contribution >= 4 is 0 Å². The molecule has 1 aliphatic heterocycles. The average Bonchev–Trinajstić information content (AvgIpc) is 2.47. The zero-order valence-corrected chi connectivity index (χ0v) is 8.98. The van der Waals surface area contributed by atoms with Crippen molar-refractivity contribution in [2.24, 2.45) is 0 Å². The van der Waals surface area contributed by atoms with Crippen LogP contribution >= 0.6 is 0 Å². The Kier molecular flexibility index (Phi) is 3.42. The number of aliphatic hydroxyl groups is 1. The van der Waals surface area contributed by atoms with Gasteiger partial charge in [-0.15, -0.1) is 0 Å². The van der Waals surface area contributed by atoms with E-state index >= 15 is 0 Å². The lowest BCUT2D eigenvalue weighted by atomic mass is 9.89. The molecule has 2 rings (SSSR count). The summed E-state index contributed by atoms with van der Waals surface area (Å²) in [6.45, 7) is 4.55. The normalized spacial score (nSPS) is 33.6. The molecule has 1 aliphatic carbocycles. The molecular weight excluding hydrogens is 178 g/mol. The lowest BCUT2D eigenvalue weighted by molar-refractivity contribution is 0.0261. The Balaban J connectivity index is 1.93. The second kappa shape index (κ2) is 4.60. The molecule has 0 bridgehead atoms. The molecule has 0 aromatic rings. The first kappa shape index (κ1) is 10.4. The zero-order chi connectivity index (χ0) is 9.97. The Labute approximate surface area is 86.0 Å². The van der Waals surface area contributed by atoms with E-state index in [4.69, 9.17) is 4.74 Å². The molecule has 3 heteroatoms. The molecule has 82 valence electrons. The quantitative estimate of drug-likeness (QED) is 0.733. The predicted octanol–water partition coefficient (Wildman–Crippen LogP) is 1.01. The minimum atomic E-state index is -0.262. The fourth-order valence-corrected chi connectivity index (χ4v) is 2.44. The van der Waals surface area contributed by atoms with Gasteiger partial charge in [-0.05, 0) is 25.8 Å². The average molecular weight is 199 g/mol. The van der Waals surface area contributed by atoms with Crippen LogP contribution in [0.25, 0.3) is 0 Å². The van der Waals surface area contributed by atoms with Gasteiger partial charge in [0.2, 0.25) is 0 Å². The maximum Gasteiger partial charge on any atom is 0.0950 e. The lowest BCUT2D eigenvalue weighted by Gasteiger charge is -2.41. The van der Waals surface area contributed by atoms with Crippen molar-refractivity contribution in [3.05, 3.63) is 0 Å². The van der Waals surface area contributed by atoms with Gasteiger partial charge in [0, 0.05) is 6.04 Å². The standard InChI is InChI=1S/C11H21NO2/c1-2-6-12(9-4-3-5-9)10-7-14-8-11(10)13/h9-11,13H,2-8H2,1H3/t10-,11-/m1/s1. The largest absolute Gasteiger partial charge is 0.389 e. The summed E-state index contributed by atoms with van der Waals surface area (Å²) in [7, 11) is 0. The van der Waals surface area contributed by atoms with Crippen LogP contribution in [0.1, 0.15) is 32.6 Å². The van der Waals surface area contributed by atoms with Crippen molar-refractivity contribution in [2.45, 2.75) is 50.8 Å². The first-order valence-corrected chi connectivity index (χ1v) is 5.84. The van der Waals surface area contributed by atoms with Gasteiger partial charge in [-0.2, -0.15) is 0 Å². The van der Waals surface area contributed by atoms with E-state index in [1.54, 1.807) is 0 Å². The first-order chi connectivity index (χ1) is 6.83. The van der Waals surface area contributed by atoms with Crippen molar-refractivity contribution in [3.63, 3.8) is 0 Å². The molecule has 3 nitrogen and oxygen atoms in total. The minimum absolute atomic E-state index is 0.262. The van der Waals surface area contributed by atoms with Gasteiger partial charge in [0.05, 0.1) is 25.4 Å². The SMILES string of the molecule is CCCN(C1CCC1)[C@@H]1COC[C@H]1O. The second-order valence-corrected chi connectivity index (χ2v) is 4.49. The van der Waals surface area contributed by atoms with Crippen LogP contribution < -0.4 is 0 Å². The Bertz CT molecular complexity index is 182. The fraction of sp³-hybridized carbons (Fsp3) is 1.00. The highest BCUT2D eigenvalue weighted by molar-refractivity contribution is 4.90. The van der Waals surface area contributed by atoms with E-state index in [1.165, 1.54) is 25.7 Å². The second-order valence-electron chi connectivity index (χ2n) is 4.49. The summed E-state index contributed by atoms with van der Waals surface area (Å²) in [5.74, 6) is 0. The van der Waals surface area contributed by atoms with Crippen LogP contribution in [0.15, 0.2) is 0 Å². The van der Waals surface area contributed by atoms with Crippen LogP contribution in [0.3, 0.4) is 0 Å². The van der Waals surface area contributed by atoms with Gasteiger partial charge in [0.25, 0.3) is 0 Å². The summed E-state index contributed by atoms with van der Waals surface area (Å²) in [5, 5.41) is 9.79. The summed E-state index contributed by atoms with van der Waals surface area (Å²) < 4.78 is 5.32. The highest BCUT2D eigenvalue weighted by atomic mass is 16.5. The molecule has 0 aromatic carbocycles. The molecule has 0 radical (unpaired) electrons. The van der Waals surface area contributed by atoms with Gasteiger partial charge in [-0.3, -0.25) is 4.90 Å². The maximum atomic E-state index is 9.79. The number of hydrogen-bond acceptors (Lipinski definition) is 3. The van der Waals surface area contributed by atoms with Gasteiger partial charge in [-0.25, -0.2) is 0 Å². The number of nitrogens with zero attached hydrogens (tertiary/aromatic N) is 1. The molecule has 0 spiro atoms. The molecule has 2 fully saturated rings.